The topological polar surface area (TPSA) is 76.9 Å². The monoisotopic (exact) mass is 422 g/mol. The second kappa shape index (κ2) is 8.43. The fraction of sp³-hybridized carbons (Fsp3) is 0.222. The van der Waals surface area contributed by atoms with E-state index in [1.54, 1.807) is 0 Å². The summed E-state index contributed by atoms with van der Waals surface area (Å²) in [7, 11) is -3.21. The number of rotatable bonds is 7. The Kier molecular flexibility index (Phi) is 6.21. The summed E-state index contributed by atoms with van der Waals surface area (Å²) in [5.74, 6) is 1.25. The summed E-state index contributed by atoms with van der Waals surface area (Å²) in [6, 6.07) is 15.5. The molecule has 0 fully saturated rings. The van der Waals surface area contributed by atoms with Gasteiger partial charge in [0.2, 0.25) is 10.0 Å². The van der Waals surface area contributed by atoms with E-state index in [0.29, 0.717) is 22.5 Å². The predicted octanol–water partition coefficient (Wildman–Crippen LogP) is 3.54. The molecule has 3 rings (SSSR count). The highest BCUT2D eigenvalue weighted by Crippen LogP contribution is 2.28. The molecule has 0 unspecified atom stereocenters. The normalized spacial score (nSPS) is 11.7. The Labute approximate surface area is 168 Å². The van der Waals surface area contributed by atoms with E-state index in [1.165, 1.54) is 11.8 Å². The van der Waals surface area contributed by atoms with E-state index in [9.17, 15) is 8.42 Å². The van der Waals surface area contributed by atoms with Crippen molar-refractivity contribution >= 4 is 33.4 Å². The van der Waals surface area contributed by atoms with Crippen molar-refractivity contribution < 1.29 is 8.42 Å². The third kappa shape index (κ3) is 5.32. The summed E-state index contributed by atoms with van der Waals surface area (Å²) >= 11 is 7.46. The van der Waals surface area contributed by atoms with E-state index in [0.717, 1.165) is 28.9 Å². The van der Waals surface area contributed by atoms with Gasteiger partial charge in [0, 0.05) is 28.6 Å². The van der Waals surface area contributed by atoms with Gasteiger partial charge in [0.15, 0.2) is 11.0 Å². The minimum absolute atomic E-state index is 0.316. The van der Waals surface area contributed by atoms with Crippen LogP contribution < -0.4 is 4.72 Å². The van der Waals surface area contributed by atoms with Gasteiger partial charge >= 0.3 is 0 Å². The van der Waals surface area contributed by atoms with Crippen molar-refractivity contribution in [3.63, 3.8) is 0 Å². The summed E-state index contributed by atoms with van der Waals surface area (Å²) in [5, 5.41) is 10.0. The van der Waals surface area contributed by atoms with Gasteiger partial charge in [-0.05, 0) is 31.2 Å². The number of halogens is 1. The number of hydrogen-bond donors (Lipinski definition) is 1. The molecule has 27 heavy (non-hydrogen) atoms. The molecule has 1 aromatic heterocycles. The lowest BCUT2D eigenvalue weighted by atomic mass is 10.1. The summed E-state index contributed by atoms with van der Waals surface area (Å²) in [6.07, 6.45) is 1.14. The zero-order valence-corrected chi connectivity index (χ0v) is 17.3. The van der Waals surface area contributed by atoms with Crippen LogP contribution in [0.1, 0.15) is 5.56 Å². The van der Waals surface area contributed by atoms with E-state index < -0.39 is 10.0 Å². The third-order valence-corrected chi connectivity index (χ3v) is 5.64. The van der Waals surface area contributed by atoms with Crippen LogP contribution in [0.25, 0.3) is 17.1 Å². The number of sulfonamides is 1. The number of hydrogen-bond acceptors (Lipinski definition) is 5. The molecule has 0 atom stereocenters. The molecule has 3 aromatic rings. The summed E-state index contributed by atoms with van der Waals surface area (Å²) in [4.78, 5) is 0. The van der Waals surface area contributed by atoms with E-state index in [2.05, 4.69) is 14.9 Å². The maximum atomic E-state index is 11.2. The first-order valence-corrected chi connectivity index (χ1v) is 11.4. The van der Waals surface area contributed by atoms with Crippen LogP contribution in [0.2, 0.25) is 5.02 Å². The van der Waals surface area contributed by atoms with Crippen molar-refractivity contribution in [3.05, 3.63) is 59.1 Å². The maximum Gasteiger partial charge on any atom is 0.208 e. The van der Waals surface area contributed by atoms with Crippen molar-refractivity contribution in [3.8, 4) is 17.1 Å². The Morgan fingerprint density at radius 1 is 1.07 bits per heavy atom. The maximum absolute atomic E-state index is 11.2. The minimum atomic E-state index is -3.21. The zero-order valence-electron chi connectivity index (χ0n) is 14.9. The predicted molar refractivity (Wildman–Crippen MR) is 110 cm³/mol. The Balaban J connectivity index is 1.93. The summed E-state index contributed by atoms with van der Waals surface area (Å²) in [6.45, 7) is 2.35. The van der Waals surface area contributed by atoms with Crippen molar-refractivity contribution in [1.82, 2.24) is 19.5 Å². The summed E-state index contributed by atoms with van der Waals surface area (Å²) < 4.78 is 26.9. The van der Waals surface area contributed by atoms with Gasteiger partial charge in [-0.3, -0.25) is 4.57 Å². The quantitative estimate of drug-likeness (QED) is 0.465. The molecule has 0 aliphatic heterocycles. The molecule has 9 heteroatoms. The van der Waals surface area contributed by atoms with Gasteiger partial charge in [-0.15, -0.1) is 10.2 Å². The van der Waals surface area contributed by atoms with Crippen molar-refractivity contribution in [2.24, 2.45) is 0 Å². The molecule has 0 aliphatic carbocycles. The fourth-order valence-corrected chi connectivity index (χ4v) is 3.98. The van der Waals surface area contributed by atoms with Gasteiger partial charge in [-0.25, -0.2) is 13.1 Å². The Bertz CT molecular complexity index is 1020. The van der Waals surface area contributed by atoms with Gasteiger partial charge in [-0.2, -0.15) is 0 Å². The number of aromatic nitrogens is 3. The molecule has 2 aromatic carbocycles. The first kappa shape index (κ1) is 19.9. The Morgan fingerprint density at radius 2 is 1.74 bits per heavy atom. The van der Waals surface area contributed by atoms with Crippen molar-refractivity contribution in [1.29, 1.82) is 0 Å². The average molecular weight is 423 g/mol. The average Bonchev–Trinajstić information content (AvgIpc) is 3.03. The van der Waals surface area contributed by atoms with Crippen LogP contribution in [0.3, 0.4) is 0 Å². The number of nitrogens with zero attached hydrogens (tertiary/aromatic N) is 3. The molecule has 0 aliphatic rings. The minimum Gasteiger partial charge on any atom is -0.270 e. The second-order valence-electron chi connectivity index (χ2n) is 6.00. The Morgan fingerprint density at radius 3 is 2.37 bits per heavy atom. The van der Waals surface area contributed by atoms with Gasteiger partial charge in [0.25, 0.3) is 0 Å². The van der Waals surface area contributed by atoms with Crippen LogP contribution in [0, 0.1) is 6.92 Å². The van der Waals surface area contributed by atoms with Crippen molar-refractivity contribution in [2.45, 2.75) is 12.1 Å². The molecule has 0 bridgehead atoms. The highest BCUT2D eigenvalue weighted by Gasteiger charge is 2.16. The van der Waals surface area contributed by atoms with Gasteiger partial charge in [-0.1, -0.05) is 53.2 Å². The number of benzene rings is 2. The van der Waals surface area contributed by atoms with Gasteiger partial charge < -0.3 is 0 Å². The SMILES string of the molecule is Cc1ccc(-c2nnc(SCCNS(C)(=O)=O)n2-c2ccc(Cl)cc2)cc1. The van der Waals surface area contributed by atoms with Gasteiger partial charge in [0.1, 0.15) is 0 Å². The largest absolute Gasteiger partial charge is 0.270 e. The molecule has 0 saturated heterocycles. The number of nitrogens with one attached hydrogen (secondary N) is 1. The zero-order chi connectivity index (χ0) is 19.4. The smallest absolute Gasteiger partial charge is 0.208 e. The standard InChI is InChI=1S/C18H19ClN4O2S2/c1-13-3-5-14(6-4-13)17-21-22-18(26-12-11-20-27(2,24)25)23(17)16-9-7-15(19)8-10-16/h3-10,20H,11-12H2,1-2H3. The Hall–Kier alpha value is -1.87. The lowest BCUT2D eigenvalue weighted by Crippen LogP contribution is -2.24. The van der Waals surface area contributed by atoms with Crippen LogP contribution in [-0.2, 0) is 10.0 Å². The molecule has 0 amide bonds. The van der Waals surface area contributed by atoms with Gasteiger partial charge in [0.05, 0.1) is 6.26 Å². The second-order valence-corrected chi connectivity index (χ2v) is 9.33. The van der Waals surface area contributed by atoms with E-state index in [4.69, 9.17) is 11.6 Å². The molecule has 0 saturated carbocycles. The lowest BCUT2D eigenvalue weighted by molar-refractivity contribution is 0.590. The molecule has 0 spiro atoms. The fourth-order valence-electron chi connectivity index (χ4n) is 2.45. The number of thioether (sulfide) groups is 1. The van der Waals surface area contributed by atoms with Crippen LogP contribution in [-0.4, -0.2) is 41.7 Å². The van der Waals surface area contributed by atoms with Crippen LogP contribution in [0.5, 0.6) is 0 Å². The molecule has 142 valence electrons. The highest BCUT2D eigenvalue weighted by molar-refractivity contribution is 7.99. The van der Waals surface area contributed by atoms with E-state index >= 15 is 0 Å². The molecular weight excluding hydrogens is 404 g/mol. The lowest BCUT2D eigenvalue weighted by Gasteiger charge is -2.11. The van der Waals surface area contributed by atoms with Crippen LogP contribution in [0.15, 0.2) is 53.7 Å². The molecular formula is C18H19ClN4O2S2. The first-order chi connectivity index (χ1) is 12.8. The molecule has 6 nitrogen and oxygen atoms in total. The molecule has 1 heterocycles. The van der Waals surface area contributed by atoms with E-state index in [-0.39, 0.29) is 0 Å². The third-order valence-electron chi connectivity index (χ3n) is 3.73. The molecule has 1 N–H and O–H groups in total. The number of aryl methyl sites for hydroxylation is 1. The van der Waals surface area contributed by atoms with Crippen LogP contribution >= 0.6 is 23.4 Å². The van der Waals surface area contributed by atoms with Crippen LogP contribution in [0.4, 0.5) is 0 Å². The highest BCUT2D eigenvalue weighted by atomic mass is 35.5. The summed E-state index contributed by atoms with van der Waals surface area (Å²) in [5.41, 5.74) is 3.00. The first-order valence-electron chi connectivity index (χ1n) is 8.19. The van der Waals surface area contributed by atoms with E-state index in [1.807, 2.05) is 60.0 Å². The van der Waals surface area contributed by atoms with Crippen molar-refractivity contribution in [2.75, 3.05) is 18.6 Å². The molecule has 0 radical (unpaired) electrons.